The second-order valence-corrected chi connectivity index (χ2v) is 7.71. The zero-order valence-electron chi connectivity index (χ0n) is 11.2. The van der Waals surface area contributed by atoms with E-state index in [0.29, 0.717) is 19.6 Å². The molecule has 3 heterocycles. The van der Waals surface area contributed by atoms with Crippen molar-refractivity contribution in [1.29, 1.82) is 0 Å². The molecule has 110 valence electrons. The molecule has 0 saturated carbocycles. The zero-order chi connectivity index (χ0) is 14.3. The van der Waals surface area contributed by atoms with Crippen LogP contribution in [0.5, 0.6) is 0 Å². The number of hydrogen-bond acceptors (Lipinski definition) is 4. The van der Waals surface area contributed by atoms with Crippen molar-refractivity contribution >= 4 is 10.0 Å². The summed E-state index contributed by atoms with van der Waals surface area (Å²) in [5, 5.41) is 0. The van der Waals surface area contributed by atoms with Gasteiger partial charge < -0.3 is 10.3 Å². The number of pyridine rings is 1. The highest BCUT2D eigenvalue weighted by molar-refractivity contribution is 7.89. The van der Waals surface area contributed by atoms with Crippen LogP contribution in [0, 0.1) is 5.92 Å². The van der Waals surface area contributed by atoms with Gasteiger partial charge in [0.1, 0.15) is 0 Å². The maximum atomic E-state index is 12.2. The van der Waals surface area contributed by atoms with E-state index in [9.17, 15) is 13.2 Å². The average Bonchev–Trinajstić information content (AvgIpc) is 2.40. The third-order valence-corrected chi connectivity index (χ3v) is 6.05. The summed E-state index contributed by atoms with van der Waals surface area (Å²) in [5.41, 5.74) is 6.35. The van der Waals surface area contributed by atoms with E-state index in [1.165, 1.54) is 0 Å². The van der Waals surface area contributed by atoms with Crippen LogP contribution in [0.1, 0.15) is 18.0 Å². The molecule has 0 aromatic carbocycles. The first-order chi connectivity index (χ1) is 9.51. The van der Waals surface area contributed by atoms with Gasteiger partial charge in [0.15, 0.2) is 0 Å². The van der Waals surface area contributed by atoms with Gasteiger partial charge in [-0.15, -0.1) is 0 Å². The zero-order valence-corrected chi connectivity index (χ0v) is 12.1. The van der Waals surface area contributed by atoms with Gasteiger partial charge in [0, 0.05) is 43.9 Å². The van der Waals surface area contributed by atoms with Gasteiger partial charge in [-0.2, -0.15) is 0 Å². The van der Waals surface area contributed by atoms with E-state index in [1.807, 2.05) is 6.07 Å². The number of aromatic nitrogens is 1. The molecule has 1 fully saturated rings. The number of sulfonamides is 1. The fourth-order valence-corrected chi connectivity index (χ4v) is 4.76. The van der Waals surface area contributed by atoms with Crippen LogP contribution < -0.4 is 11.3 Å². The number of rotatable bonds is 3. The highest BCUT2D eigenvalue weighted by Crippen LogP contribution is 2.35. The van der Waals surface area contributed by atoms with Crippen molar-refractivity contribution in [2.24, 2.45) is 11.7 Å². The largest absolute Gasteiger partial charge is 0.329 e. The Hall–Kier alpha value is -1.18. The SMILES string of the molecule is NCCS(=O)(=O)N1C[C@@H]2C[C@H](C1)c1cccc(=O)n1C2. The number of nitrogens with zero attached hydrogens (tertiary/aromatic N) is 2. The second-order valence-electron chi connectivity index (χ2n) is 5.62. The van der Waals surface area contributed by atoms with Gasteiger partial charge in [-0.05, 0) is 18.4 Å². The summed E-state index contributed by atoms with van der Waals surface area (Å²) in [6.45, 7) is 1.71. The maximum Gasteiger partial charge on any atom is 0.250 e. The molecule has 2 atom stereocenters. The van der Waals surface area contributed by atoms with Gasteiger partial charge in [-0.25, -0.2) is 12.7 Å². The Morgan fingerprint density at radius 3 is 2.80 bits per heavy atom. The van der Waals surface area contributed by atoms with E-state index in [-0.39, 0.29) is 29.7 Å². The Kier molecular flexibility index (Phi) is 3.43. The smallest absolute Gasteiger partial charge is 0.250 e. The van der Waals surface area contributed by atoms with E-state index in [2.05, 4.69) is 0 Å². The molecule has 0 aliphatic carbocycles. The van der Waals surface area contributed by atoms with Crippen molar-refractivity contribution in [2.75, 3.05) is 25.4 Å². The van der Waals surface area contributed by atoms with E-state index in [0.717, 1.165) is 12.1 Å². The summed E-state index contributed by atoms with van der Waals surface area (Å²) in [4.78, 5) is 11.9. The number of fused-ring (bicyclic) bond motifs is 4. The van der Waals surface area contributed by atoms with Crippen LogP contribution in [0.2, 0.25) is 0 Å². The van der Waals surface area contributed by atoms with E-state index >= 15 is 0 Å². The molecule has 0 spiro atoms. The monoisotopic (exact) mass is 297 g/mol. The van der Waals surface area contributed by atoms with Crippen LogP contribution in [-0.4, -0.2) is 42.7 Å². The molecule has 2 bridgehead atoms. The lowest BCUT2D eigenvalue weighted by Crippen LogP contribution is -2.50. The van der Waals surface area contributed by atoms with Crippen LogP contribution in [0.25, 0.3) is 0 Å². The van der Waals surface area contributed by atoms with Crippen LogP contribution >= 0.6 is 0 Å². The van der Waals surface area contributed by atoms with Crippen LogP contribution in [-0.2, 0) is 16.6 Å². The molecule has 2 N–H and O–H groups in total. The maximum absolute atomic E-state index is 12.2. The predicted molar refractivity (Wildman–Crippen MR) is 76.0 cm³/mol. The first kappa shape index (κ1) is 13.8. The Morgan fingerprint density at radius 1 is 1.25 bits per heavy atom. The highest BCUT2D eigenvalue weighted by atomic mass is 32.2. The molecule has 0 amide bonds. The van der Waals surface area contributed by atoms with Crippen molar-refractivity contribution in [3.05, 3.63) is 34.2 Å². The van der Waals surface area contributed by atoms with Crippen molar-refractivity contribution < 1.29 is 8.42 Å². The topological polar surface area (TPSA) is 85.4 Å². The van der Waals surface area contributed by atoms with E-state index in [4.69, 9.17) is 5.73 Å². The number of hydrogen-bond donors (Lipinski definition) is 1. The Morgan fingerprint density at radius 2 is 2.05 bits per heavy atom. The third kappa shape index (κ3) is 2.30. The van der Waals surface area contributed by atoms with Gasteiger partial charge in [-0.1, -0.05) is 6.07 Å². The van der Waals surface area contributed by atoms with Gasteiger partial charge >= 0.3 is 0 Å². The Balaban J connectivity index is 1.93. The molecular formula is C13H19N3O3S. The lowest BCUT2D eigenvalue weighted by atomic mass is 9.84. The Bertz CT molecular complexity index is 668. The molecule has 1 aromatic heterocycles. The molecular weight excluding hydrogens is 278 g/mol. The lowest BCUT2D eigenvalue weighted by Gasteiger charge is -2.42. The minimum atomic E-state index is -3.27. The first-order valence-electron chi connectivity index (χ1n) is 6.89. The van der Waals surface area contributed by atoms with Crippen LogP contribution in [0.15, 0.2) is 23.0 Å². The highest BCUT2D eigenvalue weighted by Gasteiger charge is 2.38. The minimum Gasteiger partial charge on any atom is -0.329 e. The predicted octanol–water partition coefficient (Wildman–Crippen LogP) is -0.444. The molecule has 2 aliphatic rings. The van der Waals surface area contributed by atoms with Gasteiger partial charge in [0.05, 0.1) is 5.75 Å². The average molecular weight is 297 g/mol. The molecule has 1 saturated heterocycles. The first-order valence-corrected chi connectivity index (χ1v) is 8.50. The van der Waals surface area contributed by atoms with Crippen LogP contribution in [0.4, 0.5) is 0 Å². The summed E-state index contributed by atoms with van der Waals surface area (Å²) in [7, 11) is -3.27. The summed E-state index contributed by atoms with van der Waals surface area (Å²) in [6.07, 6.45) is 0.956. The molecule has 6 nitrogen and oxygen atoms in total. The van der Waals surface area contributed by atoms with Crippen molar-refractivity contribution in [3.63, 3.8) is 0 Å². The fourth-order valence-electron chi connectivity index (χ4n) is 3.36. The quantitative estimate of drug-likeness (QED) is 0.819. The van der Waals surface area contributed by atoms with Crippen LogP contribution in [0.3, 0.4) is 0 Å². The molecule has 1 aromatic rings. The van der Waals surface area contributed by atoms with Gasteiger partial charge in [0.2, 0.25) is 10.0 Å². The third-order valence-electron chi connectivity index (χ3n) is 4.22. The summed E-state index contributed by atoms with van der Waals surface area (Å²) >= 11 is 0. The van der Waals surface area contributed by atoms with Crippen molar-refractivity contribution in [3.8, 4) is 0 Å². The van der Waals surface area contributed by atoms with E-state index in [1.54, 1.807) is 21.0 Å². The van der Waals surface area contributed by atoms with Crippen molar-refractivity contribution in [2.45, 2.75) is 18.9 Å². The molecule has 0 unspecified atom stereocenters. The summed E-state index contributed by atoms with van der Waals surface area (Å²) in [5.74, 6) is 0.325. The molecule has 3 rings (SSSR count). The summed E-state index contributed by atoms with van der Waals surface area (Å²) in [6, 6.07) is 5.25. The van der Waals surface area contributed by atoms with Crippen molar-refractivity contribution in [1.82, 2.24) is 8.87 Å². The normalized spacial score (nSPS) is 26.2. The number of nitrogens with two attached hydrogens (primary N) is 1. The van der Waals surface area contributed by atoms with Gasteiger partial charge in [0.25, 0.3) is 5.56 Å². The molecule has 7 heteroatoms. The molecule has 20 heavy (non-hydrogen) atoms. The van der Waals surface area contributed by atoms with Gasteiger partial charge in [-0.3, -0.25) is 4.79 Å². The fraction of sp³-hybridized carbons (Fsp3) is 0.615. The standard InChI is InChI=1S/C13H19N3O3S/c14-4-5-20(18,19)15-7-10-6-11(9-15)12-2-1-3-13(17)16(12)8-10/h1-3,10-11H,4-9,14H2/t10-,11+/m0/s1. The second kappa shape index (κ2) is 4.98. The lowest BCUT2D eigenvalue weighted by molar-refractivity contribution is 0.186. The molecule has 2 aliphatic heterocycles. The Labute approximate surface area is 118 Å². The minimum absolute atomic E-state index is 0.00592. The summed E-state index contributed by atoms with van der Waals surface area (Å²) < 4.78 is 27.7. The molecule has 0 radical (unpaired) electrons. The number of piperidine rings is 1. The van der Waals surface area contributed by atoms with E-state index < -0.39 is 10.0 Å².